The molecular weight excluding hydrogens is 335 g/mol. The van der Waals surface area contributed by atoms with E-state index >= 15 is 0 Å². The van der Waals surface area contributed by atoms with Crippen molar-refractivity contribution in [3.8, 4) is 0 Å². The zero-order valence-corrected chi connectivity index (χ0v) is 13.3. The van der Waals surface area contributed by atoms with Gasteiger partial charge >= 0.3 is 5.76 Å². The standard InChI is InChI=1S/C17H14ClFN2O3/c18-11-5-3-6-12(16(11)19)20-15(22)9-4-10-21-13-7-1-2-8-14(13)24-17(21)23/h1-3,5-8H,4,9-10H2,(H,20,22). The molecule has 2 aromatic carbocycles. The van der Waals surface area contributed by atoms with E-state index in [1.807, 2.05) is 6.07 Å². The minimum Gasteiger partial charge on any atom is -0.408 e. The molecule has 0 unspecified atom stereocenters. The normalized spacial score (nSPS) is 10.9. The van der Waals surface area contributed by atoms with Crippen LogP contribution in [0.4, 0.5) is 10.1 Å². The first-order valence-electron chi connectivity index (χ1n) is 7.38. The van der Waals surface area contributed by atoms with Gasteiger partial charge in [-0.05, 0) is 30.7 Å². The lowest BCUT2D eigenvalue weighted by Crippen LogP contribution is -2.17. The first-order chi connectivity index (χ1) is 11.6. The smallest absolute Gasteiger partial charge is 0.408 e. The van der Waals surface area contributed by atoms with Gasteiger partial charge in [-0.25, -0.2) is 9.18 Å². The van der Waals surface area contributed by atoms with E-state index in [0.29, 0.717) is 24.1 Å². The van der Waals surface area contributed by atoms with Gasteiger partial charge in [0.25, 0.3) is 0 Å². The highest BCUT2D eigenvalue weighted by atomic mass is 35.5. The third-order valence-electron chi connectivity index (χ3n) is 3.58. The van der Waals surface area contributed by atoms with Crippen molar-refractivity contribution in [2.75, 3.05) is 5.32 Å². The SMILES string of the molecule is O=C(CCCn1c(=O)oc2ccccc21)Nc1cccc(Cl)c1F. The van der Waals surface area contributed by atoms with E-state index in [1.54, 1.807) is 24.3 Å². The summed E-state index contributed by atoms with van der Waals surface area (Å²) in [6, 6.07) is 11.5. The van der Waals surface area contributed by atoms with Gasteiger partial charge in [0, 0.05) is 13.0 Å². The minimum atomic E-state index is -0.662. The van der Waals surface area contributed by atoms with Crippen LogP contribution < -0.4 is 11.1 Å². The molecule has 1 N–H and O–H groups in total. The molecule has 0 bridgehead atoms. The van der Waals surface area contributed by atoms with Crippen molar-refractivity contribution in [2.45, 2.75) is 19.4 Å². The van der Waals surface area contributed by atoms with Crippen LogP contribution >= 0.6 is 11.6 Å². The quantitative estimate of drug-likeness (QED) is 0.762. The van der Waals surface area contributed by atoms with Crippen LogP contribution in [0.15, 0.2) is 51.7 Å². The molecule has 3 aromatic rings. The fourth-order valence-corrected chi connectivity index (χ4v) is 2.61. The molecule has 0 aliphatic carbocycles. The Morgan fingerprint density at radius 2 is 2.00 bits per heavy atom. The van der Waals surface area contributed by atoms with Gasteiger partial charge < -0.3 is 9.73 Å². The van der Waals surface area contributed by atoms with Gasteiger partial charge in [0.2, 0.25) is 5.91 Å². The van der Waals surface area contributed by atoms with E-state index in [1.165, 1.54) is 16.7 Å². The van der Waals surface area contributed by atoms with E-state index in [0.717, 1.165) is 0 Å². The van der Waals surface area contributed by atoms with Crippen molar-refractivity contribution in [1.29, 1.82) is 0 Å². The van der Waals surface area contributed by atoms with E-state index < -0.39 is 11.6 Å². The van der Waals surface area contributed by atoms with Crippen LogP contribution in [-0.2, 0) is 11.3 Å². The average Bonchev–Trinajstić information content (AvgIpc) is 2.88. The summed E-state index contributed by atoms with van der Waals surface area (Å²) in [6.45, 7) is 0.335. The molecule has 0 radical (unpaired) electrons. The summed E-state index contributed by atoms with van der Waals surface area (Å²) in [5.41, 5.74) is 1.23. The maximum atomic E-state index is 13.7. The second kappa shape index (κ2) is 6.88. The largest absolute Gasteiger partial charge is 0.419 e. The number of aromatic nitrogens is 1. The zero-order chi connectivity index (χ0) is 17.1. The number of amides is 1. The number of benzene rings is 2. The van der Waals surface area contributed by atoms with Gasteiger partial charge in [0.05, 0.1) is 16.2 Å². The number of hydrogen-bond donors (Lipinski definition) is 1. The number of para-hydroxylation sites is 2. The molecule has 0 atom stereocenters. The summed E-state index contributed by atoms with van der Waals surface area (Å²) in [7, 11) is 0. The lowest BCUT2D eigenvalue weighted by Gasteiger charge is -2.07. The number of halogens is 2. The molecule has 0 saturated carbocycles. The molecular formula is C17H14ClFN2O3. The first-order valence-corrected chi connectivity index (χ1v) is 7.76. The van der Waals surface area contributed by atoms with Crippen LogP contribution in [0.1, 0.15) is 12.8 Å². The van der Waals surface area contributed by atoms with Gasteiger partial charge in [-0.2, -0.15) is 0 Å². The maximum absolute atomic E-state index is 13.7. The second-order valence-corrected chi connectivity index (χ2v) is 5.65. The molecule has 3 rings (SSSR count). The summed E-state index contributed by atoms with van der Waals surface area (Å²) >= 11 is 5.67. The molecule has 7 heteroatoms. The topological polar surface area (TPSA) is 64.2 Å². The van der Waals surface area contributed by atoms with Crippen molar-refractivity contribution in [1.82, 2.24) is 4.57 Å². The Bertz CT molecular complexity index is 948. The molecule has 0 aliphatic heterocycles. The molecule has 0 spiro atoms. The van der Waals surface area contributed by atoms with Crippen molar-refractivity contribution in [2.24, 2.45) is 0 Å². The van der Waals surface area contributed by atoms with Crippen LogP contribution in [0.3, 0.4) is 0 Å². The number of nitrogens with zero attached hydrogens (tertiary/aromatic N) is 1. The third-order valence-corrected chi connectivity index (χ3v) is 3.88. The van der Waals surface area contributed by atoms with Crippen LogP contribution in [0.25, 0.3) is 11.1 Å². The maximum Gasteiger partial charge on any atom is 0.419 e. The highest BCUT2D eigenvalue weighted by Crippen LogP contribution is 2.22. The van der Waals surface area contributed by atoms with Crippen LogP contribution in [0.5, 0.6) is 0 Å². The van der Waals surface area contributed by atoms with Gasteiger partial charge in [-0.1, -0.05) is 29.8 Å². The minimum absolute atomic E-state index is 0.0402. The van der Waals surface area contributed by atoms with Crippen molar-refractivity contribution in [3.63, 3.8) is 0 Å². The number of anilines is 1. The molecule has 5 nitrogen and oxygen atoms in total. The van der Waals surface area contributed by atoms with Crippen molar-refractivity contribution >= 4 is 34.3 Å². The molecule has 0 fully saturated rings. The summed E-state index contributed by atoms with van der Waals surface area (Å²) in [5, 5.41) is 2.42. The van der Waals surface area contributed by atoms with Crippen LogP contribution in [0, 0.1) is 5.82 Å². The monoisotopic (exact) mass is 348 g/mol. The number of hydrogen-bond acceptors (Lipinski definition) is 3. The van der Waals surface area contributed by atoms with Gasteiger partial charge in [0.1, 0.15) is 0 Å². The Kier molecular flexibility index (Phi) is 4.66. The second-order valence-electron chi connectivity index (χ2n) is 5.24. The van der Waals surface area contributed by atoms with Crippen LogP contribution in [0.2, 0.25) is 5.02 Å². The Hall–Kier alpha value is -2.60. The predicted molar refractivity (Wildman–Crippen MR) is 89.7 cm³/mol. The van der Waals surface area contributed by atoms with E-state index in [2.05, 4.69) is 5.32 Å². The Morgan fingerprint density at radius 1 is 1.21 bits per heavy atom. The molecule has 0 saturated heterocycles. The molecule has 0 aliphatic rings. The summed E-state index contributed by atoms with van der Waals surface area (Å²) in [6.07, 6.45) is 0.551. The van der Waals surface area contributed by atoms with Gasteiger partial charge in [-0.3, -0.25) is 9.36 Å². The van der Waals surface area contributed by atoms with Crippen molar-refractivity contribution < 1.29 is 13.6 Å². The zero-order valence-electron chi connectivity index (χ0n) is 12.6. The predicted octanol–water partition coefficient (Wildman–Crippen LogP) is 3.81. The van der Waals surface area contributed by atoms with E-state index in [-0.39, 0.29) is 23.0 Å². The van der Waals surface area contributed by atoms with Crippen molar-refractivity contribution in [3.05, 3.63) is 63.9 Å². The molecule has 124 valence electrons. The highest BCUT2D eigenvalue weighted by molar-refractivity contribution is 6.31. The number of nitrogens with one attached hydrogen (secondary N) is 1. The summed E-state index contributed by atoms with van der Waals surface area (Å²) in [5.74, 6) is -1.47. The summed E-state index contributed by atoms with van der Waals surface area (Å²) < 4.78 is 20.3. The molecule has 1 amide bonds. The lowest BCUT2D eigenvalue weighted by molar-refractivity contribution is -0.116. The first kappa shape index (κ1) is 16.3. The fourth-order valence-electron chi connectivity index (χ4n) is 2.44. The fraction of sp³-hybridized carbons (Fsp3) is 0.176. The number of oxazole rings is 1. The third kappa shape index (κ3) is 3.33. The number of fused-ring (bicyclic) bond motifs is 1. The number of rotatable bonds is 5. The van der Waals surface area contributed by atoms with Gasteiger partial charge in [-0.15, -0.1) is 0 Å². The molecule has 1 heterocycles. The van der Waals surface area contributed by atoms with Crippen LogP contribution in [-0.4, -0.2) is 10.5 Å². The average molecular weight is 349 g/mol. The number of aryl methyl sites for hydroxylation is 1. The molecule has 1 aromatic heterocycles. The lowest BCUT2D eigenvalue weighted by atomic mass is 10.2. The summed E-state index contributed by atoms with van der Waals surface area (Å²) in [4.78, 5) is 23.7. The number of carbonyl (C=O) groups is 1. The molecule has 24 heavy (non-hydrogen) atoms. The highest BCUT2D eigenvalue weighted by Gasteiger charge is 2.11. The Morgan fingerprint density at radius 3 is 2.83 bits per heavy atom. The van der Waals surface area contributed by atoms with E-state index in [4.69, 9.17) is 16.0 Å². The Labute approximate surface area is 141 Å². The number of carbonyl (C=O) groups excluding carboxylic acids is 1. The van der Waals surface area contributed by atoms with E-state index in [9.17, 15) is 14.0 Å². The Balaban J connectivity index is 1.62. The van der Waals surface area contributed by atoms with Gasteiger partial charge in [0.15, 0.2) is 11.4 Å².